The van der Waals surface area contributed by atoms with Gasteiger partial charge in [-0.15, -0.1) is 0 Å². The first kappa shape index (κ1) is 15.8. The number of benzene rings is 1. The third-order valence-electron chi connectivity index (χ3n) is 3.54. The van der Waals surface area contributed by atoms with Crippen molar-refractivity contribution < 1.29 is 14.3 Å². The van der Waals surface area contributed by atoms with Crippen molar-refractivity contribution in [3.05, 3.63) is 29.8 Å². The van der Waals surface area contributed by atoms with E-state index in [0.717, 1.165) is 38.4 Å². The average Bonchev–Trinajstić information content (AvgIpc) is 2.48. The van der Waals surface area contributed by atoms with Crippen LogP contribution < -0.4 is 10.1 Å². The summed E-state index contributed by atoms with van der Waals surface area (Å²) in [7, 11) is 0. The molecule has 0 radical (unpaired) electrons. The lowest BCUT2D eigenvalue weighted by molar-refractivity contribution is 0.0385. The second kappa shape index (κ2) is 8.00. The second-order valence-corrected chi connectivity index (χ2v) is 5.50. The SMILES string of the molecule is CC(C)c1cccc(OC(=O)NCCN2CCOCC2)c1. The maximum absolute atomic E-state index is 11.8. The second-order valence-electron chi connectivity index (χ2n) is 5.50. The smallest absolute Gasteiger partial charge is 0.410 e. The zero-order chi connectivity index (χ0) is 15.1. The molecule has 0 unspecified atom stereocenters. The molecule has 1 aromatic carbocycles. The van der Waals surface area contributed by atoms with E-state index in [1.807, 2.05) is 18.2 Å². The zero-order valence-corrected chi connectivity index (χ0v) is 12.8. The highest BCUT2D eigenvalue weighted by molar-refractivity contribution is 5.70. The lowest BCUT2D eigenvalue weighted by atomic mass is 10.0. The van der Waals surface area contributed by atoms with E-state index in [-0.39, 0.29) is 0 Å². The van der Waals surface area contributed by atoms with Gasteiger partial charge < -0.3 is 14.8 Å². The van der Waals surface area contributed by atoms with Gasteiger partial charge in [0.25, 0.3) is 0 Å². The molecule has 0 spiro atoms. The Kier molecular flexibility index (Phi) is 6.02. The molecule has 0 aliphatic carbocycles. The summed E-state index contributed by atoms with van der Waals surface area (Å²) in [5.41, 5.74) is 1.16. The quantitative estimate of drug-likeness (QED) is 0.904. The first-order valence-electron chi connectivity index (χ1n) is 7.51. The van der Waals surface area contributed by atoms with Crippen LogP contribution in [0.4, 0.5) is 4.79 Å². The number of nitrogens with zero attached hydrogens (tertiary/aromatic N) is 1. The van der Waals surface area contributed by atoms with Gasteiger partial charge >= 0.3 is 6.09 Å². The fourth-order valence-corrected chi connectivity index (χ4v) is 2.22. The largest absolute Gasteiger partial charge is 0.412 e. The molecule has 5 heteroatoms. The molecule has 1 aliphatic heterocycles. The molecule has 1 aromatic rings. The van der Waals surface area contributed by atoms with Crippen molar-refractivity contribution in [2.45, 2.75) is 19.8 Å². The molecular formula is C16H24N2O3. The Morgan fingerprint density at radius 2 is 2.14 bits per heavy atom. The summed E-state index contributed by atoms with van der Waals surface area (Å²) < 4.78 is 10.6. The third kappa shape index (κ3) is 5.36. The first-order valence-corrected chi connectivity index (χ1v) is 7.51. The molecule has 0 saturated carbocycles. The van der Waals surface area contributed by atoms with E-state index < -0.39 is 6.09 Å². The Balaban J connectivity index is 1.72. The number of hydrogen-bond acceptors (Lipinski definition) is 4. The van der Waals surface area contributed by atoms with Crippen LogP contribution in [0, 0.1) is 0 Å². The minimum atomic E-state index is -0.399. The lowest BCUT2D eigenvalue weighted by Crippen LogP contribution is -2.41. The van der Waals surface area contributed by atoms with Gasteiger partial charge in [0.2, 0.25) is 0 Å². The molecule has 1 saturated heterocycles. The van der Waals surface area contributed by atoms with Crippen LogP contribution in [0.3, 0.4) is 0 Å². The van der Waals surface area contributed by atoms with E-state index in [0.29, 0.717) is 18.2 Å². The Hall–Kier alpha value is -1.59. The Morgan fingerprint density at radius 1 is 1.38 bits per heavy atom. The maximum atomic E-state index is 11.8. The fraction of sp³-hybridized carbons (Fsp3) is 0.562. The number of carbonyl (C=O) groups is 1. The van der Waals surface area contributed by atoms with E-state index in [2.05, 4.69) is 24.1 Å². The molecule has 116 valence electrons. The predicted octanol–water partition coefficient (Wildman–Crippen LogP) is 2.23. The summed E-state index contributed by atoms with van der Waals surface area (Å²) in [6.45, 7) is 9.02. The highest BCUT2D eigenvalue weighted by Crippen LogP contribution is 2.20. The molecule has 1 aliphatic rings. The molecule has 1 fully saturated rings. The van der Waals surface area contributed by atoms with Crippen LogP contribution >= 0.6 is 0 Å². The summed E-state index contributed by atoms with van der Waals surface area (Å²) in [5.74, 6) is 1.00. The molecule has 0 bridgehead atoms. The van der Waals surface area contributed by atoms with Crippen molar-refractivity contribution in [2.75, 3.05) is 39.4 Å². The molecule has 1 N–H and O–H groups in total. The molecular weight excluding hydrogens is 268 g/mol. The number of hydrogen-bond donors (Lipinski definition) is 1. The van der Waals surface area contributed by atoms with Gasteiger partial charge in [0.15, 0.2) is 0 Å². The van der Waals surface area contributed by atoms with Crippen LogP contribution in [-0.4, -0.2) is 50.4 Å². The van der Waals surface area contributed by atoms with Crippen LogP contribution in [0.15, 0.2) is 24.3 Å². The highest BCUT2D eigenvalue weighted by Gasteiger charge is 2.11. The standard InChI is InChI=1S/C16H24N2O3/c1-13(2)14-4-3-5-15(12-14)21-16(19)17-6-7-18-8-10-20-11-9-18/h3-5,12-13H,6-11H2,1-2H3,(H,17,19). The van der Waals surface area contributed by atoms with Crippen molar-refractivity contribution >= 4 is 6.09 Å². The molecule has 5 nitrogen and oxygen atoms in total. The lowest BCUT2D eigenvalue weighted by Gasteiger charge is -2.26. The van der Waals surface area contributed by atoms with Gasteiger partial charge in [-0.1, -0.05) is 26.0 Å². The van der Waals surface area contributed by atoms with Gasteiger partial charge in [-0.3, -0.25) is 4.90 Å². The molecule has 1 amide bonds. The summed E-state index contributed by atoms with van der Waals surface area (Å²) in [6.07, 6.45) is -0.399. The molecule has 0 aromatic heterocycles. The topological polar surface area (TPSA) is 50.8 Å². The number of morpholine rings is 1. The number of ether oxygens (including phenoxy) is 2. The van der Waals surface area contributed by atoms with Crippen LogP contribution in [0.2, 0.25) is 0 Å². The number of nitrogens with one attached hydrogen (secondary N) is 1. The van der Waals surface area contributed by atoms with Crippen LogP contribution in [0.25, 0.3) is 0 Å². The third-order valence-corrected chi connectivity index (χ3v) is 3.54. The van der Waals surface area contributed by atoms with Gasteiger partial charge in [-0.05, 0) is 23.6 Å². The Bertz CT molecular complexity index is 457. The number of carbonyl (C=O) groups excluding carboxylic acids is 1. The monoisotopic (exact) mass is 292 g/mol. The van der Waals surface area contributed by atoms with Crippen molar-refractivity contribution in [3.8, 4) is 5.75 Å². The molecule has 1 heterocycles. The van der Waals surface area contributed by atoms with Crippen molar-refractivity contribution in [1.29, 1.82) is 0 Å². The minimum Gasteiger partial charge on any atom is -0.410 e. The molecule has 0 atom stereocenters. The summed E-state index contributed by atoms with van der Waals surface area (Å²) in [5, 5.41) is 2.78. The number of rotatable bonds is 5. The van der Waals surface area contributed by atoms with Crippen molar-refractivity contribution in [1.82, 2.24) is 10.2 Å². The normalized spacial score (nSPS) is 16.0. The minimum absolute atomic E-state index is 0.399. The fourth-order valence-electron chi connectivity index (χ4n) is 2.22. The van der Waals surface area contributed by atoms with Gasteiger partial charge in [0, 0.05) is 26.2 Å². The highest BCUT2D eigenvalue weighted by atomic mass is 16.6. The van der Waals surface area contributed by atoms with Gasteiger partial charge in [-0.2, -0.15) is 0 Å². The number of amides is 1. The maximum Gasteiger partial charge on any atom is 0.412 e. The van der Waals surface area contributed by atoms with E-state index in [1.165, 1.54) is 0 Å². The van der Waals surface area contributed by atoms with Crippen LogP contribution in [0.5, 0.6) is 5.75 Å². The van der Waals surface area contributed by atoms with Crippen molar-refractivity contribution in [2.24, 2.45) is 0 Å². The van der Waals surface area contributed by atoms with E-state index >= 15 is 0 Å². The van der Waals surface area contributed by atoms with Gasteiger partial charge in [0.05, 0.1) is 13.2 Å². The van der Waals surface area contributed by atoms with E-state index in [1.54, 1.807) is 6.07 Å². The summed E-state index contributed by atoms with van der Waals surface area (Å²) in [6, 6.07) is 7.65. The molecule has 21 heavy (non-hydrogen) atoms. The zero-order valence-electron chi connectivity index (χ0n) is 12.8. The molecule has 2 rings (SSSR count). The van der Waals surface area contributed by atoms with Crippen molar-refractivity contribution in [3.63, 3.8) is 0 Å². The van der Waals surface area contributed by atoms with E-state index in [4.69, 9.17) is 9.47 Å². The summed E-state index contributed by atoms with van der Waals surface area (Å²) >= 11 is 0. The Labute approximate surface area is 126 Å². The van der Waals surface area contributed by atoms with E-state index in [9.17, 15) is 4.79 Å². The van der Waals surface area contributed by atoms with Gasteiger partial charge in [0.1, 0.15) is 5.75 Å². The average molecular weight is 292 g/mol. The first-order chi connectivity index (χ1) is 10.1. The predicted molar refractivity (Wildman–Crippen MR) is 81.8 cm³/mol. The summed E-state index contributed by atoms with van der Waals surface area (Å²) in [4.78, 5) is 14.0. The van der Waals surface area contributed by atoms with Crippen LogP contribution in [0.1, 0.15) is 25.3 Å². The van der Waals surface area contributed by atoms with Gasteiger partial charge in [-0.25, -0.2) is 4.79 Å². The Morgan fingerprint density at radius 3 is 2.86 bits per heavy atom. The van der Waals surface area contributed by atoms with Crippen LogP contribution in [-0.2, 0) is 4.74 Å².